The number of carbonyl (C=O) groups is 2. The van der Waals surface area contributed by atoms with Crippen LogP contribution >= 0.6 is 0 Å². The predicted molar refractivity (Wildman–Crippen MR) is 104 cm³/mol. The van der Waals surface area contributed by atoms with Gasteiger partial charge in [0.2, 0.25) is 23.9 Å². The topological polar surface area (TPSA) is 133 Å². The van der Waals surface area contributed by atoms with Crippen LogP contribution in [0, 0.1) is 0 Å². The number of rotatable bonds is 7. The second-order valence-corrected chi connectivity index (χ2v) is 7.01. The van der Waals surface area contributed by atoms with Crippen molar-refractivity contribution in [2.45, 2.75) is 25.4 Å². The quantitative estimate of drug-likeness (QED) is 0.680. The first-order valence-corrected chi connectivity index (χ1v) is 9.47. The molecule has 0 bridgehead atoms. The van der Waals surface area contributed by atoms with Crippen molar-refractivity contribution >= 4 is 17.5 Å². The third-order valence-electron chi connectivity index (χ3n) is 4.92. The van der Waals surface area contributed by atoms with Gasteiger partial charge >= 0.3 is 0 Å². The van der Waals surface area contributed by atoms with Gasteiger partial charge in [0.25, 0.3) is 5.91 Å². The highest BCUT2D eigenvalue weighted by Gasteiger charge is 2.29. The number of primary amides is 1. The van der Waals surface area contributed by atoms with Crippen molar-refractivity contribution < 1.29 is 28.2 Å². The van der Waals surface area contributed by atoms with Gasteiger partial charge in [-0.2, -0.15) is 0 Å². The first kappa shape index (κ1) is 19.8. The smallest absolute Gasteiger partial charge is 0.262 e. The summed E-state index contributed by atoms with van der Waals surface area (Å²) in [6, 6.07) is 5.94. The third kappa shape index (κ3) is 4.38. The molecule has 30 heavy (non-hydrogen) atoms. The molecular weight excluding hydrogens is 394 g/mol. The van der Waals surface area contributed by atoms with E-state index in [1.165, 1.54) is 12.3 Å². The predicted octanol–water partition coefficient (Wildman–Crippen LogP) is 0.836. The van der Waals surface area contributed by atoms with Gasteiger partial charge in [0, 0.05) is 17.8 Å². The standard InChI is InChI=1S/C20H21N3O7/c21-20(26)14-2-1-5-23(14)8-13-7-15(24)18(9-27-13)28-10-19(25)22-12-3-4-16-17(6-12)30-11-29-16/h3-4,6-7,9,14H,1-2,5,8,10-11H2,(H2,21,26)(H,22,25). The summed E-state index contributed by atoms with van der Waals surface area (Å²) in [6.45, 7) is 0.778. The maximum atomic E-state index is 12.3. The Balaban J connectivity index is 1.32. The molecule has 1 fully saturated rings. The van der Waals surface area contributed by atoms with Crippen molar-refractivity contribution in [3.05, 3.63) is 46.5 Å². The van der Waals surface area contributed by atoms with Gasteiger partial charge in [0.05, 0.1) is 12.6 Å². The number of nitrogens with one attached hydrogen (secondary N) is 1. The van der Waals surface area contributed by atoms with E-state index in [0.29, 0.717) is 42.5 Å². The lowest BCUT2D eigenvalue weighted by molar-refractivity contribution is -0.122. The van der Waals surface area contributed by atoms with Crippen LogP contribution in [-0.4, -0.2) is 42.7 Å². The minimum Gasteiger partial charge on any atom is -0.477 e. The zero-order valence-corrected chi connectivity index (χ0v) is 16.1. The lowest BCUT2D eigenvalue weighted by atomic mass is 10.2. The molecule has 3 heterocycles. The zero-order chi connectivity index (χ0) is 21.1. The molecule has 0 spiro atoms. The molecule has 1 saturated heterocycles. The Bertz CT molecular complexity index is 1020. The Kier molecular flexibility index (Phi) is 5.57. The Morgan fingerprint density at radius 1 is 1.23 bits per heavy atom. The molecule has 2 aliphatic heterocycles. The van der Waals surface area contributed by atoms with Crippen LogP contribution in [0.4, 0.5) is 5.69 Å². The van der Waals surface area contributed by atoms with E-state index >= 15 is 0 Å². The number of likely N-dealkylation sites (tertiary alicyclic amines) is 1. The molecule has 1 unspecified atom stereocenters. The Hall–Kier alpha value is -3.53. The maximum absolute atomic E-state index is 12.3. The van der Waals surface area contributed by atoms with E-state index in [0.717, 1.165) is 6.42 Å². The summed E-state index contributed by atoms with van der Waals surface area (Å²) in [5.41, 5.74) is 5.51. The normalized spacial score (nSPS) is 17.7. The third-order valence-corrected chi connectivity index (χ3v) is 4.92. The van der Waals surface area contributed by atoms with Crippen LogP contribution < -0.4 is 30.7 Å². The lowest BCUT2D eigenvalue weighted by Crippen LogP contribution is -2.39. The molecule has 0 saturated carbocycles. The molecule has 2 amide bonds. The molecular formula is C20H21N3O7. The number of amides is 2. The van der Waals surface area contributed by atoms with Crippen LogP contribution in [0.5, 0.6) is 17.2 Å². The van der Waals surface area contributed by atoms with Crippen molar-refractivity contribution in [1.82, 2.24) is 4.90 Å². The van der Waals surface area contributed by atoms with Crippen LogP contribution in [0.2, 0.25) is 0 Å². The van der Waals surface area contributed by atoms with Crippen molar-refractivity contribution in [3.63, 3.8) is 0 Å². The van der Waals surface area contributed by atoms with Gasteiger partial charge in [-0.05, 0) is 31.5 Å². The average molecular weight is 415 g/mol. The van der Waals surface area contributed by atoms with Crippen LogP contribution in [-0.2, 0) is 16.1 Å². The zero-order valence-electron chi connectivity index (χ0n) is 16.1. The van der Waals surface area contributed by atoms with Gasteiger partial charge in [0.15, 0.2) is 18.1 Å². The Morgan fingerprint density at radius 2 is 2.07 bits per heavy atom. The molecule has 1 atom stereocenters. The van der Waals surface area contributed by atoms with Gasteiger partial charge in [-0.1, -0.05) is 0 Å². The fraction of sp³-hybridized carbons (Fsp3) is 0.350. The van der Waals surface area contributed by atoms with Crippen molar-refractivity contribution in [1.29, 1.82) is 0 Å². The number of anilines is 1. The van der Waals surface area contributed by atoms with Crippen LogP contribution in [0.15, 0.2) is 39.7 Å². The monoisotopic (exact) mass is 415 g/mol. The molecule has 1 aromatic heterocycles. The lowest BCUT2D eigenvalue weighted by Gasteiger charge is -2.20. The average Bonchev–Trinajstić information content (AvgIpc) is 3.36. The molecule has 158 valence electrons. The summed E-state index contributed by atoms with van der Waals surface area (Å²) in [5, 5.41) is 2.65. The Morgan fingerprint density at radius 3 is 2.87 bits per heavy atom. The van der Waals surface area contributed by atoms with Gasteiger partial charge in [-0.15, -0.1) is 0 Å². The maximum Gasteiger partial charge on any atom is 0.262 e. The van der Waals surface area contributed by atoms with Crippen LogP contribution in [0.25, 0.3) is 0 Å². The van der Waals surface area contributed by atoms with E-state index in [1.807, 2.05) is 4.90 Å². The number of nitrogens with two attached hydrogens (primary N) is 1. The number of fused-ring (bicyclic) bond motifs is 1. The molecule has 3 N–H and O–H groups in total. The SMILES string of the molecule is NC(=O)C1CCCN1Cc1cc(=O)c(OCC(=O)Nc2ccc3c(c2)OCO3)co1. The summed E-state index contributed by atoms with van der Waals surface area (Å²) < 4.78 is 21.2. The number of nitrogens with zero attached hydrogens (tertiary/aromatic N) is 1. The minimum absolute atomic E-state index is 0.0764. The molecule has 10 nitrogen and oxygen atoms in total. The summed E-state index contributed by atoms with van der Waals surface area (Å²) >= 11 is 0. The van der Waals surface area contributed by atoms with Gasteiger partial charge in [0.1, 0.15) is 12.0 Å². The van der Waals surface area contributed by atoms with Gasteiger partial charge in [-0.3, -0.25) is 19.3 Å². The van der Waals surface area contributed by atoms with Gasteiger partial charge < -0.3 is 29.7 Å². The second kappa shape index (κ2) is 8.46. The number of ether oxygens (including phenoxy) is 3. The van der Waals surface area contributed by atoms with E-state index in [1.54, 1.807) is 18.2 Å². The fourth-order valence-corrected chi connectivity index (χ4v) is 3.48. The number of carbonyl (C=O) groups excluding carboxylic acids is 2. The van der Waals surface area contributed by atoms with Gasteiger partial charge in [-0.25, -0.2) is 0 Å². The van der Waals surface area contributed by atoms with E-state index in [4.69, 9.17) is 24.4 Å². The Labute approximate surface area is 171 Å². The summed E-state index contributed by atoms with van der Waals surface area (Å²) in [4.78, 5) is 37.7. The number of benzene rings is 1. The van der Waals surface area contributed by atoms with Crippen molar-refractivity contribution in [3.8, 4) is 17.2 Å². The number of hydrogen-bond acceptors (Lipinski definition) is 8. The van der Waals surface area contributed by atoms with Crippen molar-refractivity contribution in [2.75, 3.05) is 25.3 Å². The minimum atomic E-state index is -0.446. The molecule has 2 aromatic rings. The number of hydrogen-bond donors (Lipinski definition) is 2. The molecule has 0 radical (unpaired) electrons. The molecule has 4 rings (SSSR count). The molecule has 2 aliphatic rings. The van der Waals surface area contributed by atoms with E-state index < -0.39 is 11.3 Å². The first-order valence-electron chi connectivity index (χ1n) is 9.47. The first-order chi connectivity index (χ1) is 14.5. The van der Waals surface area contributed by atoms with E-state index in [9.17, 15) is 14.4 Å². The van der Waals surface area contributed by atoms with Crippen molar-refractivity contribution in [2.24, 2.45) is 5.73 Å². The highest BCUT2D eigenvalue weighted by atomic mass is 16.7. The summed E-state index contributed by atoms with van der Waals surface area (Å²) in [5.74, 6) is 0.638. The molecule has 10 heteroatoms. The van der Waals surface area contributed by atoms with E-state index in [-0.39, 0.29) is 31.1 Å². The highest BCUT2D eigenvalue weighted by Crippen LogP contribution is 2.34. The molecule has 1 aromatic carbocycles. The van der Waals surface area contributed by atoms with Crippen LogP contribution in [0.3, 0.4) is 0 Å². The largest absolute Gasteiger partial charge is 0.477 e. The second-order valence-electron chi connectivity index (χ2n) is 7.01. The molecule has 0 aliphatic carbocycles. The fourth-order valence-electron chi connectivity index (χ4n) is 3.48. The summed E-state index contributed by atoms with van der Waals surface area (Å²) in [6.07, 6.45) is 2.72. The highest BCUT2D eigenvalue weighted by molar-refractivity contribution is 5.92. The van der Waals surface area contributed by atoms with Crippen LogP contribution in [0.1, 0.15) is 18.6 Å². The van der Waals surface area contributed by atoms with E-state index in [2.05, 4.69) is 5.32 Å². The summed E-state index contributed by atoms with van der Waals surface area (Å²) in [7, 11) is 0.